The van der Waals surface area contributed by atoms with Gasteiger partial charge in [0.25, 0.3) is 5.56 Å². The van der Waals surface area contributed by atoms with E-state index in [2.05, 4.69) is 15.2 Å². The first-order valence-corrected chi connectivity index (χ1v) is 3.33. The lowest BCUT2D eigenvalue weighted by Crippen LogP contribution is -1.97. The zero-order valence-electron chi connectivity index (χ0n) is 6.00. The number of aldehydes is 1. The highest BCUT2D eigenvalue weighted by atomic mass is 16.1. The second kappa shape index (κ2) is 2.30. The molecule has 0 aromatic carbocycles. The Morgan fingerprint density at radius 1 is 1.42 bits per heavy atom. The van der Waals surface area contributed by atoms with E-state index in [1.807, 2.05) is 0 Å². The molecule has 0 radical (unpaired) electrons. The van der Waals surface area contributed by atoms with Gasteiger partial charge in [0.15, 0.2) is 11.9 Å². The fraction of sp³-hybridized carbons (Fsp3) is 0. The first kappa shape index (κ1) is 6.78. The summed E-state index contributed by atoms with van der Waals surface area (Å²) in [7, 11) is 0. The molecular weight excluding hydrogens is 158 g/mol. The van der Waals surface area contributed by atoms with Crippen molar-refractivity contribution in [3.05, 3.63) is 28.2 Å². The summed E-state index contributed by atoms with van der Waals surface area (Å²) in [6.07, 6.45) is 2.05. The predicted octanol–water partition coefficient (Wildman–Crippen LogP) is 0.0637. The molecule has 2 heterocycles. The number of aromatic amines is 2. The summed E-state index contributed by atoms with van der Waals surface area (Å²) < 4.78 is 0. The Labute approximate surface area is 66.4 Å². The van der Waals surface area contributed by atoms with Gasteiger partial charge in [0, 0.05) is 11.8 Å². The average Bonchev–Trinajstić information content (AvgIpc) is 2.47. The second-order valence-electron chi connectivity index (χ2n) is 2.36. The van der Waals surface area contributed by atoms with Crippen molar-refractivity contribution in [2.45, 2.75) is 0 Å². The Bertz CT molecular complexity index is 483. The minimum absolute atomic E-state index is 0.263. The van der Waals surface area contributed by atoms with Gasteiger partial charge in [0.05, 0.1) is 5.39 Å². The molecule has 0 aliphatic rings. The van der Waals surface area contributed by atoms with Gasteiger partial charge in [-0.05, 0) is 6.07 Å². The summed E-state index contributed by atoms with van der Waals surface area (Å²) in [6, 6.07) is 1.49. The molecule has 60 valence electrons. The van der Waals surface area contributed by atoms with Gasteiger partial charge in [-0.25, -0.2) is 4.98 Å². The normalized spacial score (nSPS) is 10.3. The molecule has 0 atom stereocenters. The Hall–Kier alpha value is -1.91. The number of nitrogens with zero attached hydrogens (tertiary/aromatic N) is 1. The molecule has 0 bridgehead atoms. The summed E-state index contributed by atoms with van der Waals surface area (Å²) in [4.78, 5) is 25.2. The molecule has 2 rings (SSSR count). The zero-order chi connectivity index (χ0) is 8.55. The number of pyridine rings is 1. The summed E-state index contributed by atoms with van der Waals surface area (Å²) in [5, 5.41) is 5.35. The molecular formula is C7H5N3O2. The van der Waals surface area contributed by atoms with E-state index in [1.54, 1.807) is 0 Å². The average molecular weight is 163 g/mol. The van der Waals surface area contributed by atoms with Crippen LogP contribution in [0.4, 0.5) is 0 Å². The Balaban J connectivity index is 2.88. The van der Waals surface area contributed by atoms with E-state index in [-0.39, 0.29) is 5.56 Å². The molecule has 5 nitrogen and oxygen atoms in total. The largest absolute Gasteiger partial charge is 0.298 e. The van der Waals surface area contributed by atoms with Crippen molar-refractivity contribution in [3.63, 3.8) is 0 Å². The van der Waals surface area contributed by atoms with Crippen LogP contribution in [0.1, 0.15) is 10.4 Å². The molecule has 5 heteroatoms. The molecule has 0 aliphatic heterocycles. The molecule has 0 aliphatic carbocycles. The highest BCUT2D eigenvalue weighted by Crippen LogP contribution is 2.03. The third-order valence-corrected chi connectivity index (χ3v) is 1.58. The van der Waals surface area contributed by atoms with Gasteiger partial charge in [-0.1, -0.05) is 0 Å². The molecule has 0 saturated heterocycles. The van der Waals surface area contributed by atoms with Crippen molar-refractivity contribution >= 4 is 17.3 Å². The number of carbonyl (C=O) groups is 1. The number of rotatable bonds is 1. The SMILES string of the molecule is O=Cc1cnc2[nH][nH]c(=O)c2c1. The smallest absolute Gasteiger partial charge is 0.273 e. The van der Waals surface area contributed by atoms with E-state index in [9.17, 15) is 9.59 Å². The van der Waals surface area contributed by atoms with Gasteiger partial charge in [0.1, 0.15) is 0 Å². The molecule has 2 aromatic heterocycles. The van der Waals surface area contributed by atoms with E-state index >= 15 is 0 Å². The van der Waals surface area contributed by atoms with Crippen LogP contribution >= 0.6 is 0 Å². The summed E-state index contributed by atoms with van der Waals surface area (Å²) in [6.45, 7) is 0. The number of hydrogen-bond donors (Lipinski definition) is 2. The predicted molar refractivity (Wildman–Crippen MR) is 42.1 cm³/mol. The highest BCUT2D eigenvalue weighted by molar-refractivity contribution is 5.83. The molecule has 0 saturated carbocycles. The quantitative estimate of drug-likeness (QED) is 0.583. The van der Waals surface area contributed by atoms with Crippen LogP contribution in [0.25, 0.3) is 11.0 Å². The van der Waals surface area contributed by atoms with Crippen LogP contribution in [-0.4, -0.2) is 21.5 Å². The van der Waals surface area contributed by atoms with Crippen molar-refractivity contribution in [2.24, 2.45) is 0 Å². The van der Waals surface area contributed by atoms with Crippen LogP contribution in [0.2, 0.25) is 0 Å². The monoisotopic (exact) mass is 163 g/mol. The van der Waals surface area contributed by atoms with Gasteiger partial charge in [-0.15, -0.1) is 0 Å². The fourth-order valence-electron chi connectivity index (χ4n) is 1.00. The van der Waals surface area contributed by atoms with E-state index in [4.69, 9.17) is 0 Å². The summed E-state index contributed by atoms with van der Waals surface area (Å²) >= 11 is 0. The van der Waals surface area contributed by atoms with Crippen LogP contribution in [-0.2, 0) is 0 Å². The van der Waals surface area contributed by atoms with E-state index in [0.717, 1.165) is 0 Å². The maximum atomic E-state index is 11.0. The molecule has 0 fully saturated rings. The van der Waals surface area contributed by atoms with Crippen molar-refractivity contribution in [2.75, 3.05) is 0 Å². The maximum Gasteiger partial charge on any atom is 0.273 e. The minimum atomic E-state index is -0.263. The molecule has 2 aromatic rings. The van der Waals surface area contributed by atoms with Crippen LogP contribution in [0.3, 0.4) is 0 Å². The number of H-pyrrole nitrogens is 2. The number of aromatic nitrogens is 3. The van der Waals surface area contributed by atoms with Crippen molar-refractivity contribution in [1.29, 1.82) is 0 Å². The van der Waals surface area contributed by atoms with Gasteiger partial charge in [-0.2, -0.15) is 0 Å². The zero-order valence-corrected chi connectivity index (χ0v) is 6.00. The summed E-state index contributed by atoms with van der Waals surface area (Å²) in [5.74, 6) is 0. The van der Waals surface area contributed by atoms with Gasteiger partial charge in [0.2, 0.25) is 0 Å². The molecule has 12 heavy (non-hydrogen) atoms. The van der Waals surface area contributed by atoms with Gasteiger partial charge < -0.3 is 0 Å². The minimum Gasteiger partial charge on any atom is -0.298 e. The Morgan fingerprint density at radius 3 is 3.00 bits per heavy atom. The van der Waals surface area contributed by atoms with Gasteiger partial charge >= 0.3 is 0 Å². The number of carbonyl (C=O) groups excluding carboxylic acids is 1. The highest BCUT2D eigenvalue weighted by Gasteiger charge is 2.01. The molecule has 0 amide bonds. The first-order chi connectivity index (χ1) is 5.81. The van der Waals surface area contributed by atoms with Crippen molar-refractivity contribution in [3.8, 4) is 0 Å². The van der Waals surface area contributed by atoms with Crippen molar-refractivity contribution in [1.82, 2.24) is 15.2 Å². The molecule has 2 N–H and O–H groups in total. The second-order valence-corrected chi connectivity index (χ2v) is 2.36. The van der Waals surface area contributed by atoms with Crippen LogP contribution < -0.4 is 5.56 Å². The lowest BCUT2D eigenvalue weighted by Gasteiger charge is -1.87. The van der Waals surface area contributed by atoms with Crippen LogP contribution in [0.5, 0.6) is 0 Å². The number of nitrogens with one attached hydrogen (secondary N) is 2. The first-order valence-electron chi connectivity index (χ1n) is 3.33. The van der Waals surface area contributed by atoms with E-state index < -0.39 is 0 Å². The van der Waals surface area contributed by atoms with Crippen LogP contribution in [0, 0.1) is 0 Å². The van der Waals surface area contributed by atoms with E-state index in [0.29, 0.717) is 22.9 Å². The third kappa shape index (κ3) is 0.833. The number of fused-ring (bicyclic) bond motifs is 1. The lowest BCUT2D eigenvalue weighted by molar-refractivity contribution is 0.112. The van der Waals surface area contributed by atoms with E-state index in [1.165, 1.54) is 12.3 Å². The van der Waals surface area contributed by atoms with Gasteiger partial charge in [-0.3, -0.25) is 19.8 Å². The lowest BCUT2D eigenvalue weighted by atomic mass is 10.2. The molecule has 0 unspecified atom stereocenters. The van der Waals surface area contributed by atoms with Crippen LogP contribution in [0.15, 0.2) is 17.1 Å². The topological polar surface area (TPSA) is 78.6 Å². The summed E-state index contributed by atoms with van der Waals surface area (Å²) in [5.41, 5.74) is 0.597. The molecule has 0 spiro atoms. The standard InChI is InChI=1S/C7H5N3O2/c11-3-4-1-5-6(8-2-4)9-10-7(5)12/h1-3H,(H2,8,9,10,12). The Kier molecular flexibility index (Phi) is 1.30. The van der Waals surface area contributed by atoms with Crippen molar-refractivity contribution < 1.29 is 4.79 Å². The fourth-order valence-corrected chi connectivity index (χ4v) is 1.00. The maximum absolute atomic E-state index is 11.0. The Morgan fingerprint density at radius 2 is 2.25 bits per heavy atom. The number of hydrogen-bond acceptors (Lipinski definition) is 3. The third-order valence-electron chi connectivity index (χ3n) is 1.58.